The van der Waals surface area contributed by atoms with Crippen LogP contribution in [0.4, 0.5) is 10.1 Å². The van der Waals surface area contributed by atoms with Gasteiger partial charge >= 0.3 is 0 Å². The lowest BCUT2D eigenvalue weighted by molar-refractivity contribution is 0.297. The highest BCUT2D eigenvalue weighted by molar-refractivity contribution is 5.52. The Hall–Kier alpha value is -2.81. The zero-order valence-corrected chi connectivity index (χ0v) is 14.3. The summed E-state index contributed by atoms with van der Waals surface area (Å²) in [4.78, 5) is 0. The summed E-state index contributed by atoms with van der Waals surface area (Å²) in [6, 6.07) is 22.9. The van der Waals surface area contributed by atoms with Crippen molar-refractivity contribution in [1.29, 1.82) is 0 Å². The van der Waals surface area contributed by atoms with E-state index < -0.39 is 0 Å². The van der Waals surface area contributed by atoms with Gasteiger partial charge in [0, 0.05) is 23.4 Å². The second-order valence-corrected chi connectivity index (χ2v) is 5.85. The van der Waals surface area contributed by atoms with Crippen molar-refractivity contribution in [3.63, 3.8) is 0 Å². The quantitative estimate of drug-likeness (QED) is 0.608. The SMILES string of the molecule is CCc1ccccc1NCc1ccccc1OCc1ccccc1F. The molecule has 0 atom stereocenters. The maximum absolute atomic E-state index is 13.8. The molecule has 0 fully saturated rings. The summed E-state index contributed by atoms with van der Waals surface area (Å²) in [7, 11) is 0. The fourth-order valence-corrected chi connectivity index (χ4v) is 2.75. The van der Waals surface area contributed by atoms with Crippen LogP contribution in [0.15, 0.2) is 72.8 Å². The number of hydrogen-bond acceptors (Lipinski definition) is 2. The fraction of sp³-hybridized carbons (Fsp3) is 0.182. The van der Waals surface area contributed by atoms with E-state index in [0.717, 1.165) is 23.4 Å². The molecule has 3 aromatic rings. The Bertz CT molecular complexity index is 832. The molecule has 0 aliphatic heterocycles. The lowest BCUT2D eigenvalue weighted by atomic mass is 10.1. The summed E-state index contributed by atoms with van der Waals surface area (Å²) in [6.07, 6.45) is 0.981. The summed E-state index contributed by atoms with van der Waals surface area (Å²) < 4.78 is 19.6. The predicted molar refractivity (Wildman–Crippen MR) is 100 cm³/mol. The third-order valence-electron chi connectivity index (χ3n) is 4.18. The van der Waals surface area contributed by atoms with Crippen molar-refractivity contribution in [1.82, 2.24) is 0 Å². The van der Waals surface area contributed by atoms with Crippen LogP contribution in [-0.2, 0) is 19.6 Å². The Morgan fingerprint density at radius 1 is 0.800 bits per heavy atom. The third-order valence-corrected chi connectivity index (χ3v) is 4.18. The minimum atomic E-state index is -0.241. The third kappa shape index (κ3) is 4.38. The first-order valence-electron chi connectivity index (χ1n) is 8.54. The van der Waals surface area contributed by atoms with Crippen LogP contribution in [0.5, 0.6) is 5.75 Å². The van der Waals surface area contributed by atoms with E-state index >= 15 is 0 Å². The molecule has 1 N–H and O–H groups in total. The highest BCUT2D eigenvalue weighted by atomic mass is 19.1. The summed E-state index contributed by atoms with van der Waals surface area (Å²) in [5.41, 5.74) is 4.02. The number of halogens is 1. The summed E-state index contributed by atoms with van der Waals surface area (Å²) in [5.74, 6) is 0.530. The zero-order valence-electron chi connectivity index (χ0n) is 14.3. The number of nitrogens with one attached hydrogen (secondary N) is 1. The van der Waals surface area contributed by atoms with Crippen LogP contribution in [0.2, 0.25) is 0 Å². The number of para-hydroxylation sites is 2. The van der Waals surface area contributed by atoms with E-state index in [4.69, 9.17) is 4.74 Å². The van der Waals surface area contributed by atoms with Gasteiger partial charge in [0.1, 0.15) is 18.2 Å². The van der Waals surface area contributed by atoms with E-state index in [9.17, 15) is 4.39 Å². The molecule has 25 heavy (non-hydrogen) atoms. The molecule has 3 heteroatoms. The predicted octanol–water partition coefficient (Wildman–Crippen LogP) is 5.58. The first kappa shape index (κ1) is 17.0. The maximum Gasteiger partial charge on any atom is 0.129 e. The van der Waals surface area contributed by atoms with E-state index in [1.54, 1.807) is 12.1 Å². The molecular formula is C22H22FNO. The van der Waals surface area contributed by atoms with Crippen LogP contribution in [0.25, 0.3) is 0 Å². The molecule has 2 nitrogen and oxygen atoms in total. The lowest BCUT2D eigenvalue weighted by Crippen LogP contribution is -2.05. The van der Waals surface area contributed by atoms with Gasteiger partial charge in [-0.15, -0.1) is 0 Å². The molecule has 0 aliphatic rings. The van der Waals surface area contributed by atoms with Crippen LogP contribution in [0.3, 0.4) is 0 Å². The van der Waals surface area contributed by atoms with Gasteiger partial charge in [0.15, 0.2) is 0 Å². The van der Waals surface area contributed by atoms with Crippen molar-refractivity contribution < 1.29 is 9.13 Å². The Labute approximate surface area is 148 Å². The number of anilines is 1. The molecule has 3 aromatic carbocycles. The first-order valence-corrected chi connectivity index (χ1v) is 8.54. The average Bonchev–Trinajstić information content (AvgIpc) is 2.66. The number of aryl methyl sites for hydroxylation is 1. The standard InChI is InChI=1S/C22H22FNO/c1-2-17-9-4-7-13-21(17)24-15-18-10-5-8-14-22(18)25-16-19-11-3-6-12-20(19)23/h3-14,24H,2,15-16H2,1H3. The number of rotatable bonds is 7. The molecule has 0 aromatic heterocycles. The van der Waals surface area contributed by atoms with Crippen molar-refractivity contribution in [2.75, 3.05) is 5.32 Å². The van der Waals surface area contributed by atoms with Crippen molar-refractivity contribution in [2.45, 2.75) is 26.5 Å². The Morgan fingerprint density at radius 3 is 2.20 bits per heavy atom. The normalized spacial score (nSPS) is 10.5. The van der Waals surface area contributed by atoms with Crippen LogP contribution >= 0.6 is 0 Å². The zero-order chi connectivity index (χ0) is 17.5. The highest BCUT2D eigenvalue weighted by Crippen LogP contribution is 2.23. The van der Waals surface area contributed by atoms with Gasteiger partial charge < -0.3 is 10.1 Å². The van der Waals surface area contributed by atoms with Crippen molar-refractivity contribution in [2.24, 2.45) is 0 Å². The number of ether oxygens (including phenoxy) is 1. The highest BCUT2D eigenvalue weighted by Gasteiger charge is 2.07. The van der Waals surface area contributed by atoms with Gasteiger partial charge in [0.05, 0.1) is 0 Å². The molecule has 0 spiro atoms. The minimum absolute atomic E-state index is 0.217. The lowest BCUT2D eigenvalue weighted by Gasteiger charge is -2.15. The van der Waals surface area contributed by atoms with Gasteiger partial charge in [-0.2, -0.15) is 0 Å². The minimum Gasteiger partial charge on any atom is -0.488 e. The Balaban J connectivity index is 1.69. The van der Waals surface area contributed by atoms with Gasteiger partial charge in [0.2, 0.25) is 0 Å². The van der Waals surface area contributed by atoms with Crippen LogP contribution in [0, 0.1) is 5.82 Å². The van der Waals surface area contributed by atoms with Gasteiger partial charge in [-0.25, -0.2) is 4.39 Å². The van der Waals surface area contributed by atoms with E-state index in [1.807, 2.05) is 36.4 Å². The van der Waals surface area contributed by atoms with E-state index in [-0.39, 0.29) is 12.4 Å². The fourth-order valence-electron chi connectivity index (χ4n) is 2.75. The molecule has 0 saturated heterocycles. The average molecular weight is 335 g/mol. The molecule has 0 unspecified atom stereocenters. The molecule has 0 bridgehead atoms. The number of hydrogen-bond donors (Lipinski definition) is 1. The summed E-state index contributed by atoms with van der Waals surface area (Å²) in [6.45, 7) is 3.02. The van der Waals surface area contributed by atoms with Crippen molar-refractivity contribution in [3.05, 3.63) is 95.3 Å². The molecule has 0 heterocycles. The topological polar surface area (TPSA) is 21.3 Å². The van der Waals surface area contributed by atoms with E-state index in [1.165, 1.54) is 11.6 Å². The summed E-state index contributed by atoms with van der Waals surface area (Å²) in [5, 5.41) is 3.48. The largest absolute Gasteiger partial charge is 0.488 e. The second kappa shape index (κ2) is 8.34. The van der Waals surface area contributed by atoms with Gasteiger partial charge in [-0.05, 0) is 30.2 Å². The molecule has 0 aliphatic carbocycles. The Kier molecular flexibility index (Phi) is 5.68. The molecule has 0 amide bonds. The molecule has 128 valence electrons. The van der Waals surface area contributed by atoms with Crippen LogP contribution in [-0.4, -0.2) is 0 Å². The summed E-state index contributed by atoms with van der Waals surface area (Å²) >= 11 is 0. The monoisotopic (exact) mass is 335 g/mol. The van der Waals surface area contributed by atoms with Gasteiger partial charge in [0.25, 0.3) is 0 Å². The van der Waals surface area contributed by atoms with Gasteiger partial charge in [-0.3, -0.25) is 0 Å². The van der Waals surface area contributed by atoms with E-state index in [0.29, 0.717) is 12.1 Å². The van der Waals surface area contributed by atoms with E-state index in [2.05, 4.69) is 30.4 Å². The molecule has 0 saturated carbocycles. The van der Waals surface area contributed by atoms with Crippen molar-refractivity contribution >= 4 is 5.69 Å². The first-order chi connectivity index (χ1) is 12.3. The number of benzene rings is 3. The maximum atomic E-state index is 13.8. The molecule has 3 rings (SSSR count). The van der Waals surface area contributed by atoms with Gasteiger partial charge in [-0.1, -0.05) is 61.5 Å². The van der Waals surface area contributed by atoms with Crippen LogP contribution in [0.1, 0.15) is 23.6 Å². The smallest absolute Gasteiger partial charge is 0.129 e. The van der Waals surface area contributed by atoms with Crippen molar-refractivity contribution in [3.8, 4) is 5.75 Å². The Morgan fingerprint density at radius 2 is 1.44 bits per heavy atom. The molecular weight excluding hydrogens is 313 g/mol. The molecule has 0 radical (unpaired) electrons. The van der Waals surface area contributed by atoms with Crippen LogP contribution < -0.4 is 10.1 Å². The second-order valence-electron chi connectivity index (χ2n) is 5.85.